The van der Waals surface area contributed by atoms with E-state index in [1.165, 1.54) is 0 Å². The van der Waals surface area contributed by atoms with Crippen LogP contribution in [-0.4, -0.2) is 14.6 Å². The van der Waals surface area contributed by atoms with Crippen LogP contribution in [0.4, 0.5) is 0 Å². The van der Waals surface area contributed by atoms with Crippen molar-refractivity contribution in [2.75, 3.05) is 0 Å². The van der Waals surface area contributed by atoms with Gasteiger partial charge in [-0.15, -0.1) is 0 Å². The summed E-state index contributed by atoms with van der Waals surface area (Å²) in [7, 11) is -3.70. The van der Waals surface area contributed by atoms with Gasteiger partial charge in [0.15, 0.2) is 0 Å². The Bertz CT molecular complexity index is 1040. The number of hydrogen-bond donors (Lipinski definition) is 1. The van der Waals surface area contributed by atoms with Crippen LogP contribution in [0.25, 0.3) is 5.57 Å². The van der Waals surface area contributed by atoms with E-state index in [9.17, 15) is 8.42 Å². The highest BCUT2D eigenvalue weighted by molar-refractivity contribution is 7.89. The Morgan fingerprint density at radius 3 is 1.82 bits per heavy atom. The van der Waals surface area contributed by atoms with Crippen LogP contribution in [0.2, 0.25) is 0 Å². The number of hydrazone groups is 1. The van der Waals surface area contributed by atoms with Gasteiger partial charge in [0.05, 0.1) is 11.1 Å². The molecule has 0 spiro atoms. The summed E-state index contributed by atoms with van der Waals surface area (Å²) < 4.78 is 24.8. The number of nitrogens with zero attached hydrogens (tertiary/aromatic N) is 1. The Hall–Kier alpha value is -3.18. The second kappa shape index (κ2) is 8.67. The molecule has 0 saturated carbocycles. The van der Waals surface area contributed by atoms with Crippen molar-refractivity contribution in [1.29, 1.82) is 0 Å². The summed E-state index contributed by atoms with van der Waals surface area (Å²) in [5, 5.41) is 3.99. The number of allylic oxidation sites excluding steroid dienone is 1. The molecule has 0 bridgehead atoms. The molecule has 1 N–H and O–H groups in total. The van der Waals surface area contributed by atoms with Crippen LogP contribution in [0, 0.1) is 6.92 Å². The fraction of sp³-hybridized carbons (Fsp3) is 0.0870. The molecule has 0 unspecified atom stereocenters. The fourth-order valence-electron chi connectivity index (χ4n) is 2.86. The lowest BCUT2D eigenvalue weighted by molar-refractivity contribution is 0.584. The maximum absolute atomic E-state index is 12.4. The largest absolute Gasteiger partial charge is 0.276 e. The molecule has 0 atom stereocenters. The van der Waals surface area contributed by atoms with Crippen molar-refractivity contribution in [2.45, 2.75) is 18.7 Å². The second-order valence-electron chi connectivity index (χ2n) is 6.46. The first-order chi connectivity index (χ1) is 13.5. The molecule has 142 valence electrons. The first kappa shape index (κ1) is 19.6. The van der Waals surface area contributed by atoms with Gasteiger partial charge >= 0.3 is 0 Å². The van der Waals surface area contributed by atoms with Crippen molar-refractivity contribution in [2.24, 2.45) is 5.10 Å². The van der Waals surface area contributed by atoms with Gasteiger partial charge in [0.2, 0.25) is 0 Å². The molecule has 3 aromatic carbocycles. The van der Waals surface area contributed by atoms with E-state index in [1.54, 1.807) is 30.5 Å². The van der Waals surface area contributed by atoms with Crippen molar-refractivity contribution in [1.82, 2.24) is 4.83 Å². The molecule has 0 radical (unpaired) electrons. The van der Waals surface area contributed by atoms with Crippen LogP contribution in [0.15, 0.2) is 100 Å². The highest BCUT2D eigenvalue weighted by Gasteiger charge is 2.12. The van der Waals surface area contributed by atoms with Crippen LogP contribution < -0.4 is 4.83 Å². The summed E-state index contributed by atoms with van der Waals surface area (Å²) in [6.45, 7) is 3.82. The zero-order valence-electron chi connectivity index (χ0n) is 15.8. The van der Waals surface area contributed by atoms with E-state index in [1.807, 2.05) is 74.5 Å². The number of nitrogens with one attached hydrogen (secondary N) is 1. The van der Waals surface area contributed by atoms with Crippen molar-refractivity contribution in [3.05, 3.63) is 107 Å². The third kappa shape index (κ3) is 4.75. The SMILES string of the molecule is CC(/C=N\NS(=O)(=O)c1ccc(C)cc1)=C(c1ccccc1)c1ccccc1. The number of sulfonamides is 1. The van der Waals surface area contributed by atoms with Crippen LogP contribution >= 0.6 is 0 Å². The summed E-state index contributed by atoms with van der Waals surface area (Å²) in [5.74, 6) is 0. The number of benzene rings is 3. The number of aryl methyl sites for hydroxylation is 1. The lowest BCUT2D eigenvalue weighted by Crippen LogP contribution is -2.18. The minimum absolute atomic E-state index is 0.184. The standard InChI is InChI=1S/C23H22N2O2S/c1-18-13-15-22(16-14-18)28(26,27)25-24-17-19(2)23(20-9-5-3-6-10-20)21-11-7-4-8-12-21/h3-17,25H,1-2H3/b24-17-. The first-order valence-corrected chi connectivity index (χ1v) is 10.4. The van der Waals surface area contributed by atoms with Crippen molar-refractivity contribution in [3.63, 3.8) is 0 Å². The zero-order chi connectivity index (χ0) is 20.0. The molecule has 5 heteroatoms. The molecule has 4 nitrogen and oxygen atoms in total. The Labute approximate surface area is 166 Å². The maximum Gasteiger partial charge on any atom is 0.276 e. The topological polar surface area (TPSA) is 58.5 Å². The Morgan fingerprint density at radius 1 is 0.821 bits per heavy atom. The van der Waals surface area contributed by atoms with E-state index in [0.29, 0.717) is 0 Å². The Kier molecular flexibility index (Phi) is 6.06. The van der Waals surface area contributed by atoms with Gasteiger partial charge in [0.25, 0.3) is 10.0 Å². The molecule has 0 amide bonds. The van der Waals surface area contributed by atoms with E-state index in [4.69, 9.17) is 0 Å². The highest BCUT2D eigenvalue weighted by atomic mass is 32.2. The Balaban J connectivity index is 1.91. The van der Waals surface area contributed by atoms with Gasteiger partial charge in [-0.25, -0.2) is 4.83 Å². The van der Waals surface area contributed by atoms with Gasteiger partial charge in [0, 0.05) is 0 Å². The van der Waals surface area contributed by atoms with Gasteiger partial charge in [-0.3, -0.25) is 0 Å². The van der Waals surface area contributed by atoms with Gasteiger partial charge in [-0.1, -0.05) is 78.4 Å². The lowest BCUT2D eigenvalue weighted by Gasteiger charge is -2.11. The van der Waals surface area contributed by atoms with E-state index < -0.39 is 10.0 Å². The minimum atomic E-state index is -3.70. The molecule has 3 rings (SSSR count). The summed E-state index contributed by atoms with van der Waals surface area (Å²) in [4.78, 5) is 2.47. The fourth-order valence-corrected chi connectivity index (χ4v) is 3.65. The predicted molar refractivity (Wildman–Crippen MR) is 115 cm³/mol. The smallest absolute Gasteiger partial charge is 0.200 e. The average molecular weight is 391 g/mol. The molecule has 0 aromatic heterocycles. The molecule has 0 heterocycles. The molecule has 0 fully saturated rings. The van der Waals surface area contributed by atoms with Gasteiger partial charge in [-0.2, -0.15) is 13.5 Å². The van der Waals surface area contributed by atoms with Crippen LogP contribution in [0.5, 0.6) is 0 Å². The summed E-state index contributed by atoms with van der Waals surface area (Å²) >= 11 is 0. The molecule has 0 aliphatic carbocycles. The quantitative estimate of drug-likeness (QED) is 0.486. The second-order valence-corrected chi connectivity index (χ2v) is 8.12. The molecule has 3 aromatic rings. The predicted octanol–water partition coefficient (Wildman–Crippen LogP) is 4.78. The van der Waals surface area contributed by atoms with E-state index in [2.05, 4.69) is 9.93 Å². The Morgan fingerprint density at radius 2 is 1.32 bits per heavy atom. The minimum Gasteiger partial charge on any atom is -0.200 e. The summed E-state index contributed by atoms with van der Waals surface area (Å²) in [6.07, 6.45) is 1.54. The highest BCUT2D eigenvalue weighted by Crippen LogP contribution is 2.26. The molecular formula is C23H22N2O2S. The molecule has 0 aliphatic rings. The monoisotopic (exact) mass is 390 g/mol. The van der Waals surface area contributed by atoms with Gasteiger partial charge < -0.3 is 0 Å². The van der Waals surface area contributed by atoms with Gasteiger partial charge in [0.1, 0.15) is 0 Å². The lowest BCUT2D eigenvalue weighted by atomic mass is 9.94. The van der Waals surface area contributed by atoms with E-state index >= 15 is 0 Å². The normalized spacial score (nSPS) is 11.4. The third-order valence-corrected chi connectivity index (χ3v) is 5.52. The van der Waals surface area contributed by atoms with Crippen molar-refractivity contribution >= 4 is 21.8 Å². The first-order valence-electron chi connectivity index (χ1n) is 8.90. The third-order valence-electron chi connectivity index (χ3n) is 4.28. The summed E-state index contributed by atoms with van der Waals surface area (Å²) in [5.41, 5.74) is 4.93. The number of hydrogen-bond acceptors (Lipinski definition) is 3. The zero-order valence-corrected chi connectivity index (χ0v) is 16.6. The van der Waals surface area contributed by atoms with Crippen molar-refractivity contribution < 1.29 is 8.42 Å². The van der Waals surface area contributed by atoms with Crippen LogP contribution in [0.3, 0.4) is 0 Å². The number of rotatable bonds is 6. The summed E-state index contributed by atoms with van der Waals surface area (Å²) in [6, 6.07) is 26.6. The van der Waals surface area contributed by atoms with E-state index in [0.717, 1.165) is 27.8 Å². The van der Waals surface area contributed by atoms with Gasteiger partial charge in [-0.05, 0) is 48.3 Å². The molecular weight excluding hydrogens is 368 g/mol. The van der Waals surface area contributed by atoms with Crippen LogP contribution in [0.1, 0.15) is 23.6 Å². The van der Waals surface area contributed by atoms with Crippen molar-refractivity contribution in [3.8, 4) is 0 Å². The maximum atomic E-state index is 12.4. The molecule has 0 saturated heterocycles. The average Bonchev–Trinajstić information content (AvgIpc) is 2.70. The molecule has 0 aliphatic heterocycles. The van der Waals surface area contributed by atoms with E-state index in [-0.39, 0.29) is 4.90 Å². The van der Waals surface area contributed by atoms with Crippen LogP contribution in [-0.2, 0) is 10.0 Å². The molecule has 28 heavy (non-hydrogen) atoms.